The number of halogens is 1. The van der Waals surface area contributed by atoms with Crippen LogP contribution in [-0.2, 0) is 6.42 Å². The van der Waals surface area contributed by atoms with Gasteiger partial charge in [-0.1, -0.05) is 22.0 Å². The third-order valence-corrected chi connectivity index (χ3v) is 2.75. The molecule has 12 heavy (non-hydrogen) atoms. The molecule has 1 N–H and O–H groups in total. The predicted octanol–water partition coefficient (Wildman–Crippen LogP) is 1.74. The van der Waals surface area contributed by atoms with Crippen LogP contribution in [0.3, 0.4) is 0 Å². The summed E-state index contributed by atoms with van der Waals surface area (Å²) in [5.41, 5.74) is 1.16. The molecular formula is C9H9BrO2. The average molecular weight is 229 g/mol. The van der Waals surface area contributed by atoms with E-state index < -0.39 is 0 Å². The van der Waals surface area contributed by atoms with E-state index in [4.69, 9.17) is 9.84 Å². The first-order chi connectivity index (χ1) is 5.81. The van der Waals surface area contributed by atoms with E-state index in [0.717, 1.165) is 22.2 Å². The Balaban J connectivity index is 2.35. The summed E-state index contributed by atoms with van der Waals surface area (Å²) in [7, 11) is 0. The Morgan fingerprint density at radius 2 is 2.42 bits per heavy atom. The second-order valence-corrected chi connectivity index (χ2v) is 3.70. The van der Waals surface area contributed by atoms with Crippen molar-refractivity contribution in [3.8, 4) is 5.75 Å². The summed E-state index contributed by atoms with van der Waals surface area (Å²) in [5, 5.41) is 8.89. The summed E-state index contributed by atoms with van der Waals surface area (Å²) >= 11 is 3.44. The van der Waals surface area contributed by atoms with E-state index in [1.807, 2.05) is 18.2 Å². The van der Waals surface area contributed by atoms with Gasteiger partial charge in [0.05, 0.1) is 6.61 Å². The Morgan fingerprint density at radius 1 is 1.58 bits per heavy atom. The Kier molecular flexibility index (Phi) is 2.07. The lowest BCUT2D eigenvalue weighted by atomic mass is 10.1. The van der Waals surface area contributed by atoms with Crippen molar-refractivity contribution in [2.24, 2.45) is 0 Å². The van der Waals surface area contributed by atoms with Crippen molar-refractivity contribution >= 4 is 15.9 Å². The normalized spacial score (nSPS) is 20.3. The zero-order valence-electron chi connectivity index (χ0n) is 6.46. The monoisotopic (exact) mass is 228 g/mol. The summed E-state index contributed by atoms with van der Waals surface area (Å²) in [6, 6.07) is 5.85. The van der Waals surface area contributed by atoms with Crippen molar-refractivity contribution in [2.75, 3.05) is 6.61 Å². The molecule has 3 heteroatoms. The van der Waals surface area contributed by atoms with Crippen LogP contribution in [0.25, 0.3) is 0 Å². The smallest absolute Gasteiger partial charge is 0.126 e. The van der Waals surface area contributed by atoms with Gasteiger partial charge in [0.15, 0.2) is 0 Å². The van der Waals surface area contributed by atoms with E-state index in [1.165, 1.54) is 0 Å². The van der Waals surface area contributed by atoms with Crippen molar-refractivity contribution in [1.29, 1.82) is 0 Å². The van der Waals surface area contributed by atoms with E-state index >= 15 is 0 Å². The zero-order chi connectivity index (χ0) is 8.55. The lowest BCUT2D eigenvalue weighted by Gasteiger charge is -2.04. The van der Waals surface area contributed by atoms with Gasteiger partial charge in [0.25, 0.3) is 0 Å². The van der Waals surface area contributed by atoms with Gasteiger partial charge < -0.3 is 9.84 Å². The van der Waals surface area contributed by atoms with Crippen LogP contribution in [0, 0.1) is 0 Å². The molecule has 1 atom stereocenters. The first kappa shape index (κ1) is 8.08. The highest BCUT2D eigenvalue weighted by Crippen LogP contribution is 2.33. The molecule has 0 saturated carbocycles. The average Bonchev–Trinajstić information content (AvgIpc) is 2.49. The summed E-state index contributed by atoms with van der Waals surface area (Å²) < 4.78 is 6.52. The SMILES string of the molecule is OC[C@H]1Cc2c(Br)cccc2O1. The number of benzene rings is 1. The maximum Gasteiger partial charge on any atom is 0.126 e. The maximum absolute atomic E-state index is 8.89. The highest BCUT2D eigenvalue weighted by atomic mass is 79.9. The van der Waals surface area contributed by atoms with Gasteiger partial charge in [-0.25, -0.2) is 0 Å². The largest absolute Gasteiger partial charge is 0.487 e. The fourth-order valence-corrected chi connectivity index (χ4v) is 1.91. The molecule has 1 aromatic carbocycles. The van der Waals surface area contributed by atoms with Crippen molar-refractivity contribution < 1.29 is 9.84 Å². The fourth-order valence-electron chi connectivity index (χ4n) is 1.40. The number of hydrogen-bond donors (Lipinski definition) is 1. The third-order valence-electron chi connectivity index (χ3n) is 2.00. The Bertz CT molecular complexity index is 299. The fraction of sp³-hybridized carbons (Fsp3) is 0.333. The molecule has 0 radical (unpaired) electrons. The Labute approximate surface area is 79.3 Å². The molecule has 1 aliphatic rings. The molecule has 0 fully saturated rings. The van der Waals surface area contributed by atoms with E-state index in [9.17, 15) is 0 Å². The standard InChI is InChI=1S/C9H9BrO2/c10-8-2-1-3-9-7(8)4-6(5-11)12-9/h1-3,6,11H,4-5H2/t6-/m1/s1. The van der Waals surface area contributed by atoms with E-state index in [-0.39, 0.29) is 12.7 Å². The van der Waals surface area contributed by atoms with Crippen LogP contribution in [0.2, 0.25) is 0 Å². The zero-order valence-corrected chi connectivity index (χ0v) is 8.04. The van der Waals surface area contributed by atoms with Gasteiger partial charge in [-0.2, -0.15) is 0 Å². The molecule has 64 valence electrons. The second kappa shape index (κ2) is 3.07. The minimum atomic E-state index is -0.0568. The molecule has 2 nitrogen and oxygen atoms in total. The lowest BCUT2D eigenvalue weighted by molar-refractivity contribution is 0.134. The van der Waals surface area contributed by atoms with Gasteiger partial charge in [0.2, 0.25) is 0 Å². The number of fused-ring (bicyclic) bond motifs is 1. The first-order valence-corrected chi connectivity index (χ1v) is 4.65. The minimum Gasteiger partial charge on any atom is -0.487 e. The van der Waals surface area contributed by atoms with Crippen LogP contribution in [0.4, 0.5) is 0 Å². The van der Waals surface area contributed by atoms with E-state index in [2.05, 4.69) is 15.9 Å². The van der Waals surface area contributed by atoms with Gasteiger partial charge in [-0.05, 0) is 12.1 Å². The quantitative estimate of drug-likeness (QED) is 0.794. The van der Waals surface area contributed by atoms with Gasteiger partial charge in [0.1, 0.15) is 11.9 Å². The van der Waals surface area contributed by atoms with Gasteiger partial charge in [-0.3, -0.25) is 0 Å². The number of aliphatic hydroxyl groups is 1. The molecule has 2 rings (SSSR count). The second-order valence-electron chi connectivity index (χ2n) is 2.84. The van der Waals surface area contributed by atoms with Crippen LogP contribution in [0.1, 0.15) is 5.56 Å². The topological polar surface area (TPSA) is 29.5 Å². The molecule has 0 unspecified atom stereocenters. The van der Waals surface area contributed by atoms with Gasteiger partial charge in [0, 0.05) is 16.5 Å². The van der Waals surface area contributed by atoms with Crippen LogP contribution >= 0.6 is 15.9 Å². The van der Waals surface area contributed by atoms with Crippen LogP contribution in [0.15, 0.2) is 22.7 Å². The number of hydrogen-bond acceptors (Lipinski definition) is 2. The van der Waals surface area contributed by atoms with Crippen LogP contribution in [-0.4, -0.2) is 17.8 Å². The van der Waals surface area contributed by atoms with E-state index in [0.29, 0.717) is 0 Å². The first-order valence-electron chi connectivity index (χ1n) is 3.86. The Hall–Kier alpha value is -0.540. The van der Waals surface area contributed by atoms with Gasteiger partial charge in [-0.15, -0.1) is 0 Å². The highest BCUT2D eigenvalue weighted by Gasteiger charge is 2.23. The molecule has 1 aromatic rings. The summed E-state index contributed by atoms with van der Waals surface area (Å²) in [4.78, 5) is 0. The molecule has 0 aliphatic carbocycles. The molecular weight excluding hydrogens is 220 g/mol. The number of rotatable bonds is 1. The lowest BCUT2D eigenvalue weighted by Crippen LogP contribution is -2.17. The van der Waals surface area contributed by atoms with Crippen molar-refractivity contribution in [3.63, 3.8) is 0 Å². The van der Waals surface area contributed by atoms with Crippen molar-refractivity contribution in [3.05, 3.63) is 28.2 Å². The molecule has 0 aromatic heterocycles. The third kappa shape index (κ3) is 1.23. The summed E-state index contributed by atoms with van der Waals surface area (Å²) in [6.45, 7) is 0.0844. The van der Waals surface area contributed by atoms with Gasteiger partial charge >= 0.3 is 0 Å². The molecule has 0 spiro atoms. The molecule has 1 heterocycles. The molecule has 1 aliphatic heterocycles. The van der Waals surface area contributed by atoms with Crippen molar-refractivity contribution in [2.45, 2.75) is 12.5 Å². The maximum atomic E-state index is 8.89. The van der Waals surface area contributed by atoms with Crippen LogP contribution < -0.4 is 4.74 Å². The summed E-state index contributed by atoms with van der Waals surface area (Å²) in [5.74, 6) is 0.892. The van der Waals surface area contributed by atoms with E-state index in [1.54, 1.807) is 0 Å². The molecule has 0 saturated heterocycles. The predicted molar refractivity (Wildman–Crippen MR) is 49.3 cm³/mol. The number of ether oxygens (including phenoxy) is 1. The minimum absolute atomic E-state index is 0.0568. The Morgan fingerprint density at radius 3 is 3.08 bits per heavy atom. The number of aliphatic hydroxyl groups excluding tert-OH is 1. The highest BCUT2D eigenvalue weighted by molar-refractivity contribution is 9.10. The molecule has 0 bridgehead atoms. The summed E-state index contributed by atoms with van der Waals surface area (Å²) in [6.07, 6.45) is 0.742. The van der Waals surface area contributed by atoms with Crippen LogP contribution in [0.5, 0.6) is 5.75 Å². The van der Waals surface area contributed by atoms with Crippen molar-refractivity contribution in [1.82, 2.24) is 0 Å². The molecule has 0 amide bonds.